The van der Waals surface area contributed by atoms with Gasteiger partial charge in [-0.15, -0.1) is 0 Å². The normalized spacial score (nSPS) is 16.7. The largest absolute Gasteiger partial charge is 0.451 e. The molecule has 3 aromatic heterocycles. The highest BCUT2D eigenvalue weighted by Crippen LogP contribution is 2.24. The van der Waals surface area contributed by atoms with Gasteiger partial charge in [0.1, 0.15) is 23.9 Å². The highest BCUT2D eigenvalue weighted by Gasteiger charge is 2.26. The number of rotatable bonds is 6. The quantitative estimate of drug-likeness (QED) is 0.672. The first-order valence-corrected chi connectivity index (χ1v) is 9.50. The van der Waals surface area contributed by atoms with Crippen molar-refractivity contribution in [2.24, 2.45) is 0 Å². The zero-order valence-corrected chi connectivity index (χ0v) is 16.1. The maximum absolute atomic E-state index is 13.3. The third-order valence-electron chi connectivity index (χ3n) is 5.04. The Morgan fingerprint density at radius 1 is 1.21 bits per heavy atom. The smallest absolute Gasteiger partial charge is 0.349 e. The van der Waals surface area contributed by atoms with Crippen molar-refractivity contribution in [2.75, 3.05) is 13.1 Å². The molecule has 9 heteroatoms. The van der Waals surface area contributed by atoms with Gasteiger partial charge in [0.25, 0.3) is 5.91 Å². The number of hydrogen-bond donors (Lipinski definition) is 1. The molecule has 0 aliphatic carbocycles. The van der Waals surface area contributed by atoms with Crippen LogP contribution in [0.2, 0.25) is 0 Å². The fourth-order valence-electron chi connectivity index (χ4n) is 3.57. The van der Waals surface area contributed by atoms with Crippen LogP contribution in [-0.2, 0) is 13.1 Å². The lowest BCUT2D eigenvalue weighted by molar-refractivity contribution is 0.0719. The number of nitrogens with zero attached hydrogens (tertiary/aromatic N) is 3. The Labute approximate surface area is 166 Å². The van der Waals surface area contributed by atoms with Gasteiger partial charge in [0.15, 0.2) is 12.8 Å². The summed E-state index contributed by atoms with van der Waals surface area (Å²) in [6.45, 7) is 3.81. The van der Waals surface area contributed by atoms with Gasteiger partial charge in [-0.3, -0.25) is 4.79 Å². The molecule has 1 aliphatic rings. The number of carbonyl (C=O) groups excluding carboxylic acids is 1. The van der Waals surface area contributed by atoms with E-state index in [1.165, 1.54) is 30.2 Å². The molecule has 1 aliphatic heterocycles. The van der Waals surface area contributed by atoms with E-state index in [2.05, 4.69) is 15.3 Å². The second-order valence-corrected chi connectivity index (χ2v) is 7.16. The van der Waals surface area contributed by atoms with Crippen LogP contribution in [0.1, 0.15) is 51.8 Å². The maximum Gasteiger partial charge on any atom is 0.349 e. The van der Waals surface area contributed by atoms with Gasteiger partial charge in [-0.2, -0.15) is 0 Å². The zero-order chi connectivity index (χ0) is 20.2. The summed E-state index contributed by atoms with van der Waals surface area (Å²) in [5.41, 5.74) is 1.12. The molecule has 0 spiro atoms. The Balaban J connectivity index is 1.63. The summed E-state index contributed by atoms with van der Waals surface area (Å²) in [6.07, 6.45) is 7.47. The molecule has 4 rings (SSSR count). The molecular formula is C20H22N4O5. The van der Waals surface area contributed by atoms with E-state index in [0.29, 0.717) is 22.7 Å². The van der Waals surface area contributed by atoms with Crippen molar-refractivity contribution < 1.29 is 18.0 Å². The van der Waals surface area contributed by atoms with Crippen LogP contribution in [0, 0.1) is 6.92 Å². The minimum Gasteiger partial charge on any atom is -0.451 e. The van der Waals surface area contributed by atoms with Gasteiger partial charge < -0.3 is 23.5 Å². The Kier molecular flexibility index (Phi) is 5.57. The van der Waals surface area contributed by atoms with E-state index in [1.807, 2.05) is 0 Å². The summed E-state index contributed by atoms with van der Waals surface area (Å²) in [4.78, 5) is 35.6. The van der Waals surface area contributed by atoms with E-state index in [0.717, 1.165) is 25.9 Å². The van der Waals surface area contributed by atoms with Crippen LogP contribution in [0.3, 0.4) is 0 Å². The number of nitrogens with one attached hydrogen (secondary N) is 1. The number of carbonyl (C=O) groups is 1. The summed E-state index contributed by atoms with van der Waals surface area (Å²) < 4.78 is 15.6. The maximum atomic E-state index is 13.3. The summed E-state index contributed by atoms with van der Waals surface area (Å²) in [5, 5.41) is 3.31. The summed E-state index contributed by atoms with van der Waals surface area (Å²) in [6, 6.07) is 1.80. The molecule has 152 valence electrons. The number of hydrogen-bond acceptors (Lipinski definition) is 8. The average molecular weight is 398 g/mol. The topological polar surface area (TPSA) is 115 Å². The first-order valence-electron chi connectivity index (χ1n) is 9.50. The van der Waals surface area contributed by atoms with Gasteiger partial charge in [-0.1, -0.05) is 0 Å². The van der Waals surface area contributed by atoms with Crippen LogP contribution in [0.15, 0.2) is 49.4 Å². The van der Waals surface area contributed by atoms with E-state index < -0.39 is 11.5 Å². The molecule has 0 aromatic carbocycles. The minimum atomic E-state index is -0.624. The third-order valence-corrected chi connectivity index (χ3v) is 5.04. The summed E-state index contributed by atoms with van der Waals surface area (Å²) in [7, 11) is 0. The second-order valence-electron chi connectivity index (χ2n) is 7.16. The lowest BCUT2D eigenvalue weighted by Gasteiger charge is -2.23. The molecule has 9 nitrogen and oxygen atoms in total. The number of amides is 1. The van der Waals surface area contributed by atoms with Gasteiger partial charge in [0.2, 0.25) is 0 Å². The standard InChI is InChI=1S/C20H22N4O5/c1-13-5-17(14-3-2-4-21-6-14)29-20(26)18(13)19(25)24(7-15-9-27-11-22-15)8-16-10-28-12-23-16/h5,9-12,14,21H,2-4,6-8H2,1H3. The predicted molar refractivity (Wildman–Crippen MR) is 101 cm³/mol. The molecule has 0 saturated carbocycles. The highest BCUT2D eigenvalue weighted by atomic mass is 16.4. The lowest BCUT2D eigenvalue weighted by Crippen LogP contribution is -2.35. The van der Waals surface area contributed by atoms with Gasteiger partial charge in [0, 0.05) is 12.5 Å². The van der Waals surface area contributed by atoms with Crippen molar-refractivity contribution in [3.05, 3.63) is 70.1 Å². The first-order chi connectivity index (χ1) is 14.1. The lowest BCUT2D eigenvalue weighted by atomic mass is 9.95. The van der Waals surface area contributed by atoms with Crippen molar-refractivity contribution in [1.29, 1.82) is 0 Å². The van der Waals surface area contributed by atoms with Crippen molar-refractivity contribution in [3.8, 4) is 0 Å². The molecule has 3 aromatic rings. The Bertz CT molecular complexity index is 968. The van der Waals surface area contributed by atoms with Crippen LogP contribution in [0.5, 0.6) is 0 Å². The van der Waals surface area contributed by atoms with Gasteiger partial charge in [-0.25, -0.2) is 14.8 Å². The molecular weight excluding hydrogens is 376 g/mol. The highest BCUT2D eigenvalue weighted by molar-refractivity contribution is 5.95. The third kappa shape index (κ3) is 4.29. The molecule has 0 bridgehead atoms. The Morgan fingerprint density at radius 2 is 1.90 bits per heavy atom. The Morgan fingerprint density at radius 3 is 2.41 bits per heavy atom. The van der Waals surface area contributed by atoms with Crippen LogP contribution in [-0.4, -0.2) is 33.9 Å². The van der Waals surface area contributed by atoms with Gasteiger partial charge in [0.05, 0.1) is 24.5 Å². The predicted octanol–water partition coefficient (Wildman–Crippen LogP) is 2.23. The van der Waals surface area contributed by atoms with Crippen LogP contribution < -0.4 is 10.9 Å². The molecule has 0 radical (unpaired) electrons. The van der Waals surface area contributed by atoms with Crippen molar-refractivity contribution in [1.82, 2.24) is 20.2 Å². The van der Waals surface area contributed by atoms with Gasteiger partial charge >= 0.3 is 5.63 Å². The van der Waals surface area contributed by atoms with Crippen molar-refractivity contribution >= 4 is 5.91 Å². The molecule has 1 N–H and O–H groups in total. The van der Waals surface area contributed by atoms with E-state index >= 15 is 0 Å². The zero-order valence-electron chi connectivity index (χ0n) is 16.1. The van der Waals surface area contributed by atoms with Crippen molar-refractivity contribution in [3.63, 3.8) is 0 Å². The number of aryl methyl sites for hydroxylation is 1. The SMILES string of the molecule is Cc1cc(C2CCCNC2)oc(=O)c1C(=O)N(Cc1cocn1)Cc1cocn1. The van der Waals surface area contributed by atoms with Crippen LogP contribution in [0.25, 0.3) is 0 Å². The van der Waals surface area contributed by atoms with E-state index in [4.69, 9.17) is 13.3 Å². The molecule has 1 fully saturated rings. The number of oxazole rings is 2. The van der Waals surface area contributed by atoms with Crippen LogP contribution in [0.4, 0.5) is 0 Å². The number of aromatic nitrogens is 2. The minimum absolute atomic E-state index is 0.0181. The summed E-state index contributed by atoms with van der Waals surface area (Å²) >= 11 is 0. The molecule has 1 atom stereocenters. The van der Waals surface area contributed by atoms with Crippen LogP contribution >= 0.6 is 0 Å². The fraction of sp³-hybridized carbons (Fsp3) is 0.400. The number of piperidine rings is 1. The molecule has 29 heavy (non-hydrogen) atoms. The molecule has 1 saturated heterocycles. The monoisotopic (exact) mass is 398 g/mol. The first kappa shape index (κ1) is 19.1. The molecule has 4 heterocycles. The average Bonchev–Trinajstić information content (AvgIpc) is 3.42. The van der Waals surface area contributed by atoms with E-state index in [9.17, 15) is 9.59 Å². The molecule has 1 amide bonds. The second kappa shape index (κ2) is 8.44. The summed E-state index contributed by atoms with van der Waals surface area (Å²) in [5.74, 6) is 0.312. The Hall–Kier alpha value is -3.20. The van der Waals surface area contributed by atoms with E-state index in [-0.39, 0.29) is 24.6 Å². The van der Waals surface area contributed by atoms with Crippen molar-refractivity contribution in [2.45, 2.75) is 38.8 Å². The molecule has 1 unspecified atom stereocenters. The fourth-order valence-corrected chi connectivity index (χ4v) is 3.57. The van der Waals surface area contributed by atoms with E-state index in [1.54, 1.807) is 13.0 Å². The van der Waals surface area contributed by atoms with Gasteiger partial charge in [-0.05, 0) is 37.9 Å².